The summed E-state index contributed by atoms with van der Waals surface area (Å²) in [6.07, 6.45) is 4.72. The minimum Gasteiger partial charge on any atom is -0.367 e. The van der Waals surface area contributed by atoms with Crippen LogP contribution in [0.2, 0.25) is 0 Å². The summed E-state index contributed by atoms with van der Waals surface area (Å²) in [6, 6.07) is 0. The molecule has 0 amide bonds. The standard InChI is InChI=1S/C6H8O2/c1-2-4-6(8-4)5-3(1)7-5/h3-6H,1-2H2/t3-,4-,5-,6-/m0/s1. The molecule has 0 unspecified atom stereocenters. The molecule has 1 saturated carbocycles. The van der Waals surface area contributed by atoms with E-state index < -0.39 is 0 Å². The van der Waals surface area contributed by atoms with Gasteiger partial charge in [0.15, 0.2) is 0 Å². The molecule has 0 spiro atoms. The van der Waals surface area contributed by atoms with E-state index in [0.29, 0.717) is 24.4 Å². The van der Waals surface area contributed by atoms with E-state index >= 15 is 0 Å². The van der Waals surface area contributed by atoms with Gasteiger partial charge in [0, 0.05) is 0 Å². The number of rotatable bonds is 0. The molecule has 8 heavy (non-hydrogen) atoms. The van der Waals surface area contributed by atoms with Crippen molar-refractivity contribution in [2.45, 2.75) is 37.3 Å². The maximum absolute atomic E-state index is 5.31. The first-order chi connectivity index (χ1) is 3.95. The van der Waals surface area contributed by atoms with Crippen LogP contribution in [0.5, 0.6) is 0 Å². The average molecular weight is 112 g/mol. The van der Waals surface area contributed by atoms with Crippen LogP contribution >= 0.6 is 0 Å². The Balaban J connectivity index is 1.89. The van der Waals surface area contributed by atoms with E-state index in [1.165, 1.54) is 12.8 Å². The Morgan fingerprint density at radius 1 is 0.875 bits per heavy atom. The fraction of sp³-hybridized carbons (Fsp3) is 1.00. The highest BCUT2D eigenvalue weighted by molar-refractivity contribution is 5.07. The summed E-state index contributed by atoms with van der Waals surface area (Å²) in [5, 5.41) is 0. The molecule has 0 aromatic rings. The van der Waals surface area contributed by atoms with E-state index in [-0.39, 0.29) is 0 Å². The number of epoxide rings is 2. The molecule has 3 aliphatic rings. The zero-order valence-electron chi connectivity index (χ0n) is 4.54. The van der Waals surface area contributed by atoms with Crippen LogP contribution in [0.4, 0.5) is 0 Å². The highest BCUT2D eigenvalue weighted by atomic mass is 16.7. The molecule has 2 nitrogen and oxygen atoms in total. The number of ether oxygens (including phenoxy) is 2. The maximum Gasteiger partial charge on any atom is 0.113 e. The van der Waals surface area contributed by atoms with Gasteiger partial charge in [0.25, 0.3) is 0 Å². The highest BCUT2D eigenvalue weighted by Gasteiger charge is 2.60. The fourth-order valence-electron chi connectivity index (χ4n) is 1.68. The Kier molecular flexibility index (Phi) is 0.461. The zero-order valence-corrected chi connectivity index (χ0v) is 4.54. The van der Waals surface area contributed by atoms with Gasteiger partial charge < -0.3 is 9.47 Å². The van der Waals surface area contributed by atoms with E-state index in [2.05, 4.69) is 0 Å². The molecule has 3 fully saturated rings. The Bertz CT molecular complexity index is 118. The molecule has 2 saturated heterocycles. The predicted octanol–water partition coefficient (Wildman–Crippen LogP) is 0.315. The number of hydrogen-bond donors (Lipinski definition) is 0. The van der Waals surface area contributed by atoms with Crippen molar-refractivity contribution in [3.63, 3.8) is 0 Å². The quantitative estimate of drug-likeness (QED) is 0.421. The van der Waals surface area contributed by atoms with Gasteiger partial charge in [-0.3, -0.25) is 0 Å². The Morgan fingerprint density at radius 3 is 1.88 bits per heavy atom. The number of hydrogen-bond acceptors (Lipinski definition) is 2. The Morgan fingerprint density at radius 2 is 1.38 bits per heavy atom. The molecule has 0 aromatic carbocycles. The topological polar surface area (TPSA) is 25.1 Å². The second kappa shape index (κ2) is 0.957. The lowest BCUT2D eigenvalue weighted by Crippen LogP contribution is -2.11. The van der Waals surface area contributed by atoms with E-state index in [4.69, 9.17) is 9.47 Å². The van der Waals surface area contributed by atoms with Gasteiger partial charge in [-0.1, -0.05) is 0 Å². The minimum absolute atomic E-state index is 0.522. The average Bonchev–Trinajstić information content (AvgIpc) is 2.59. The summed E-state index contributed by atoms with van der Waals surface area (Å²) in [5.41, 5.74) is 0. The van der Waals surface area contributed by atoms with Crippen molar-refractivity contribution in [1.82, 2.24) is 0 Å². The van der Waals surface area contributed by atoms with Crippen molar-refractivity contribution in [3.05, 3.63) is 0 Å². The molecule has 2 aliphatic heterocycles. The third-order valence-corrected chi connectivity index (χ3v) is 2.30. The predicted molar refractivity (Wildman–Crippen MR) is 26.6 cm³/mol. The zero-order chi connectivity index (χ0) is 5.14. The molecule has 2 heterocycles. The molecule has 3 rings (SSSR count). The molecule has 0 aromatic heterocycles. The third kappa shape index (κ3) is 0.327. The SMILES string of the molecule is C1C[C@@H]2O[C@@H]2[C@H]2O[C@@H]12. The first-order valence-electron chi connectivity index (χ1n) is 3.26. The summed E-state index contributed by atoms with van der Waals surface area (Å²) in [5.74, 6) is 0. The molecule has 2 heteroatoms. The van der Waals surface area contributed by atoms with Crippen LogP contribution in [-0.4, -0.2) is 24.4 Å². The minimum atomic E-state index is 0.522. The first-order valence-corrected chi connectivity index (χ1v) is 3.26. The van der Waals surface area contributed by atoms with Gasteiger partial charge in [0.2, 0.25) is 0 Å². The van der Waals surface area contributed by atoms with Crippen molar-refractivity contribution in [2.75, 3.05) is 0 Å². The summed E-state index contributed by atoms with van der Waals surface area (Å²) >= 11 is 0. The molecule has 0 N–H and O–H groups in total. The van der Waals surface area contributed by atoms with Gasteiger partial charge in [-0.05, 0) is 12.8 Å². The lowest BCUT2D eigenvalue weighted by Gasteiger charge is -1.94. The highest BCUT2D eigenvalue weighted by Crippen LogP contribution is 2.47. The van der Waals surface area contributed by atoms with Crippen LogP contribution in [0.3, 0.4) is 0 Å². The van der Waals surface area contributed by atoms with E-state index in [0.717, 1.165) is 0 Å². The molecule has 44 valence electrons. The van der Waals surface area contributed by atoms with Crippen LogP contribution in [0, 0.1) is 0 Å². The van der Waals surface area contributed by atoms with Crippen molar-refractivity contribution in [1.29, 1.82) is 0 Å². The molecule has 4 atom stereocenters. The fourth-order valence-corrected chi connectivity index (χ4v) is 1.68. The normalized spacial score (nSPS) is 66.0. The van der Waals surface area contributed by atoms with Crippen molar-refractivity contribution in [3.8, 4) is 0 Å². The van der Waals surface area contributed by atoms with Crippen LogP contribution in [0.15, 0.2) is 0 Å². The summed E-state index contributed by atoms with van der Waals surface area (Å²) in [6.45, 7) is 0. The summed E-state index contributed by atoms with van der Waals surface area (Å²) in [4.78, 5) is 0. The van der Waals surface area contributed by atoms with Crippen molar-refractivity contribution < 1.29 is 9.47 Å². The second-order valence-corrected chi connectivity index (χ2v) is 2.86. The van der Waals surface area contributed by atoms with Gasteiger partial charge in [-0.25, -0.2) is 0 Å². The lowest BCUT2D eigenvalue weighted by molar-refractivity contribution is 0.290. The summed E-state index contributed by atoms with van der Waals surface area (Å²) in [7, 11) is 0. The monoisotopic (exact) mass is 112 g/mol. The number of fused-ring (bicyclic) bond motifs is 3. The van der Waals surface area contributed by atoms with Gasteiger partial charge >= 0.3 is 0 Å². The van der Waals surface area contributed by atoms with Crippen LogP contribution in [0.1, 0.15) is 12.8 Å². The van der Waals surface area contributed by atoms with Crippen molar-refractivity contribution in [2.24, 2.45) is 0 Å². The van der Waals surface area contributed by atoms with Crippen molar-refractivity contribution >= 4 is 0 Å². The third-order valence-electron chi connectivity index (χ3n) is 2.30. The first kappa shape index (κ1) is 3.85. The molecular weight excluding hydrogens is 104 g/mol. The molecular formula is C6H8O2. The summed E-state index contributed by atoms with van der Waals surface area (Å²) < 4.78 is 10.6. The lowest BCUT2D eigenvalue weighted by atomic mass is 10.0. The van der Waals surface area contributed by atoms with E-state index in [1.807, 2.05) is 0 Å². The van der Waals surface area contributed by atoms with E-state index in [9.17, 15) is 0 Å². The maximum atomic E-state index is 5.31. The molecule has 0 radical (unpaired) electrons. The Hall–Kier alpha value is -0.0800. The van der Waals surface area contributed by atoms with E-state index in [1.54, 1.807) is 0 Å². The van der Waals surface area contributed by atoms with Crippen LogP contribution in [-0.2, 0) is 9.47 Å². The molecule has 1 aliphatic carbocycles. The Labute approximate surface area is 47.8 Å². The van der Waals surface area contributed by atoms with Gasteiger partial charge in [0.1, 0.15) is 12.2 Å². The van der Waals surface area contributed by atoms with Gasteiger partial charge in [0.05, 0.1) is 12.2 Å². The second-order valence-electron chi connectivity index (χ2n) is 2.86. The smallest absolute Gasteiger partial charge is 0.113 e. The van der Waals surface area contributed by atoms with Crippen LogP contribution in [0.25, 0.3) is 0 Å². The largest absolute Gasteiger partial charge is 0.367 e. The van der Waals surface area contributed by atoms with Gasteiger partial charge in [-0.2, -0.15) is 0 Å². The van der Waals surface area contributed by atoms with Crippen LogP contribution < -0.4 is 0 Å². The molecule has 0 bridgehead atoms. The van der Waals surface area contributed by atoms with Gasteiger partial charge in [-0.15, -0.1) is 0 Å².